The summed E-state index contributed by atoms with van der Waals surface area (Å²) >= 11 is 0. The van der Waals surface area contributed by atoms with Gasteiger partial charge < -0.3 is 0 Å². The predicted molar refractivity (Wildman–Crippen MR) is 55.5 cm³/mol. The molecule has 0 aliphatic rings. The Morgan fingerprint density at radius 3 is 2.88 bits per heavy atom. The summed E-state index contributed by atoms with van der Waals surface area (Å²) in [5, 5.41) is 14.5. The van der Waals surface area contributed by atoms with Crippen LogP contribution in [-0.4, -0.2) is 29.6 Å². The van der Waals surface area contributed by atoms with Gasteiger partial charge in [0.15, 0.2) is 11.5 Å². The Bertz CT molecular complexity index is 706. The van der Waals surface area contributed by atoms with E-state index in [1.807, 2.05) is 13.0 Å². The minimum Gasteiger partial charge on any atom is -0.244 e. The maximum absolute atomic E-state index is 11.3. The summed E-state index contributed by atoms with van der Waals surface area (Å²) in [5.74, 6) is 0.573. The molecule has 0 spiro atoms. The number of H-pyrrole nitrogens is 1. The number of fused-ring (bicyclic) bond motifs is 1. The van der Waals surface area contributed by atoms with Gasteiger partial charge in [0.1, 0.15) is 0 Å². The van der Waals surface area contributed by atoms with Crippen LogP contribution in [0, 0.1) is 6.92 Å². The number of nitrogens with zero attached hydrogens (tertiary/aromatic N) is 5. The molecule has 0 atom stereocenters. The Kier molecular flexibility index (Phi) is 1.67. The van der Waals surface area contributed by atoms with Crippen LogP contribution in [0.3, 0.4) is 0 Å². The first kappa shape index (κ1) is 8.84. The van der Waals surface area contributed by atoms with Gasteiger partial charge >= 0.3 is 5.69 Å². The van der Waals surface area contributed by atoms with Crippen molar-refractivity contribution in [2.24, 2.45) is 0 Å². The number of hydrogen-bond acceptors (Lipinski definition) is 4. The van der Waals surface area contributed by atoms with Gasteiger partial charge in [0.25, 0.3) is 0 Å². The molecule has 0 unspecified atom stereocenters. The molecule has 0 aliphatic heterocycles. The summed E-state index contributed by atoms with van der Waals surface area (Å²) in [6.45, 7) is 1.89. The zero-order valence-corrected chi connectivity index (χ0v) is 8.45. The van der Waals surface area contributed by atoms with E-state index in [1.165, 1.54) is 4.52 Å². The van der Waals surface area contributed by atoms with Crippen LogP contribution in [0.15, 0.2) is 29.2 Å². The van der Waals surface area contributed by atoms with Crippen molar-refractivity contribution < 1.29 is 0 Å². The van der Waals surface area contributed by atoms with Crippen molar-refractivity contribution >= 4 is 5.65 Å². The zero-order valence-electron chi connectivity index (χ0n) is 8.45. The van der Waals surface area contributed by atoms with Gasteiger partial charge in [-0.15, -0.1) is 5.10 Å². The van der Waals surface area contributed by atoms with Gasteiger partial charge in [0.05, 0.1) is 5.69 Å². The summed E-state index contributed by atoms with van der Waals surface area (Å²) in [5.41, 5.74) is 1.01. The molecule has 0 bridgehead atoms. The molecule has 3 aromatic heterocycles. The third-order valence-corrected chi connectivity index (χ3v) is 2.22. The Balaban J connectivity index is 2.25. The van der Waals surface area contributed by atoms with Gasteiger partial charge in [-0.25, -0.2) is 14.6 Å². The van der Waals surface area contributed by atoms with Crippen LogP contribution in [0.2, 0.25) is 0 Å². The molecule has 7 heteroatoms. The van der Waals surface area contributed by atoms with Crippen LogP contribution in [0.1, 0.15) is 5.69 Å². The normalized spacial score (nSPS) is 11.1. The van der Waals surface area contributed by atoms with Gasteiger partial charge in [-0.1, -0.05) is 0 Å². The van der Waals surface area contributed by atoms with Gasteiger partial charge in [-0.05, 0) is 25.1 Å². The number of hydrogen-bond donors (Lipinski definition) is 1. The number of aromatic amines is 1. The van der Waals surface area contributed by atoms with Crippen LogP contribution < -0.4 is 5.69 Å². The average molecular weight is 216 g/mol. The summed E-state index contributed by atoms with van der Waals surface area (Å²) in [7, 11) is 0. The summed E-state index contributed by atoms with van der Waals surface area (Å²) in [6.07, 6.45) is 1.79. The van der Waals surface area contributed by atoms with Crippen molar-refractivity contribution in [3.05, 3.63) is 40.6 Å². The molecule has 1 N–H and O–H groups in total. The molecule has 0 aromatic carbocycles. The Labute approximate surface area is 89.3 Å². The number of rotatable bonds is 1. The van der Waals surface area contributed by atoms with Crippen LogP contribution in [0.4, 0.5) is 0 Å². The summed E-state index contributed by atoms with van der Waals surface area (Å²) in [6, 6.07) is 5.32. The molecule has 3 heterocycles. The topological polar surface area (TPSA) is 80.9 Å². The fraction of sp³-hybridized carbons (Fsp3) is 0.111. The van der Waals surface area contributed by atoms with Crippen molar-refractivity contribution in [2.75, 3.05) is 0 Å². The van der Waals surface area contributed by atoms with Crippen LogP contribution in [-0.2, 0) is 0 Å². The van der Waals surface area contributed by atoms with Crippen molar-refractivity contribution in [3.63, 3.8) is 0 Å². The predicted octanol–water partition coefficient (Wildman–Crippen LogP) is -0.0883. The number of aromatic nitrogens is 6. The van der Waals surface area contributed by atoms with E-state index >= 15 is 0 Å². The maximum Gasteiger partial charge on any atom is 0.364 e. The highest BCUT2D eigenvalue weighted by atomic mass is 16.2. The third kappa shape index (κ3) is 1.22. The fourth-order valence-corrected chi connectivity index (χ4v) is 1.46. The zero-order chi connectivity index (χ0) is 11.1. The second kappa shape index (κ2) is 3.02. The molecule has 3 aromatic rings. The van der Waals surface area contributed by atoms with Gasteiger partial charge in [-0.3, -0.25) is 0 Å². The molecule has 0 fully saturated rings. The highest BCUT2D eigenvalue weighted by Crippen LogP contribution is 2.04. The fourth-order valence-electron chi connectivity index (χ4n) is 1.46. The molecule has 0 saturated heterocycles. The minimum absolute atomic E-state index is 0.360. The van der Waals surface area contributed by atoms with E-state index in [0.717, 1.165) is 5.69 Å². The molecule has 80 valence electrons. The summed E-state index contributed by atoms with van der Waals surface area (Å²) in [4.78, 5) is 11.3. The van der Waals surface area contributed by atoms with Crippen molar-refractivity contribution in [1.29, 1.82) is 0 Å². The second-order valence-electron chi connectivity index (χ2n) is 3.39. The highest BCUT2D eigenvalue weighted by molar-refractivity contribution is 5.37. The lowest BCUT2D eigenvalue weighted by Gasteiger charge is -1.99. The molecule has 0 aliphatic carbocycles. The van der Waals surface area contributed by atoms with Crippen LogP contribution >= 0.6 is 0 Å². The van der Waals surface area contributed by atoms with E-state index in [9.17, 15) is 4.79 Å². The van der Waals surface area contributed by atoms with Crippen molar-refractivity contribution in [3.8, 4) is 5.82 Å². The summed E-state index contributed by atoms with van der Waals surface area (Å²) < 4.78 is 2.81. The molecule has 0 saturated carbocycles. The highest BCUT2D eigenvalue weighted by Gasteiger charge is 2.04. The van der Waals surface area contributed by atoms with E-state index in [4.69, 9.17) is 0 Å². The Morgan fingerprint density at radius 1 is 1.25 bits per heavy atom. The van der Waals surface area contributed by atoms with Gasteiger partial charge in [0.2, 0.25) is 0 Å². The monoisotopic (exact) mass is 216 g/mol. The minimum atomic E-state index is -0.360. The van der Waals surface area contributed by atoms with Gasteiger partial charge in [0, 0.05) is 6.20 Å². The van der Waals surface area contributed by atoms with E-state index < -0.39 is 0 Å². The lowest BCUT2D eigenvalue weighted by Crippen LogP contribution is -2.14. The maximum atomic E-state index is 11.3. The van der Waals surface area contributed by atoms with Gasteiger partial charge in [-0.2, -0.15) is 14.7 Å². The van der Waals surface area contributed by atoms with Crippen molar-refractivity contribution in [1.82, 2.24) is 29.6 Å². The van der Waals surface area contributed by atoms with Crippen LogP contribution in [0.25, 0.3) is 11.5 Å². The largest absolute Gasteiger partial charge is 0.364 e. The lowest BCUT2D eigenvalue weighted by atomic mass is 10.5. The molecular formula is C9H8N6O. The molecule has 16 heavy (non-hydrogen) atoms. The smallest absolute Gasteiger partial charge is 0.244 e. The molecule has 3 rings (SSSR count). The molecular weight excluding hydrogens is 208 g/mol. The average Bonchev–Trinajstić information content (AvgIpc) is 2.86. The number of aryl methyl sites for hydroxylation is 1. The molecule has 7 nitrogen and oxygen atoms in total. The second-order valence-corrected chi connectivity index (χ2v) is 3.39. The third-order valence-electron chi connectivity index (χ3n) is 2.22. The SMILES string of the molecule is Cc1ccn(-c2ccc3n[nH]c(=O)n3n2)n1. The molecule has 0 amide bonds. The van der Waals surface area contributed by atoms with E-state index in [1.54, 1.807) is 23.0 Å². The van der Waals surface area contributed by atoms with E-state index in [-0.39, 0.29) is 5.69 Å². The first-order valence-electron chi connectivity index (χ1n) is 4.71. The van der Waals surface area contributed by atoms with E-state index in [2.05, 4.69) is 20.4 Å². The first-order valence-corrected chi connectivity index (χ1v) is 4.71. The molecule has 0 radical (unpaired) electrons. The Hall–Kier alpha value is -2.44. The van der Waals surface area contributed by atoms with Crippen LogP contribution in [0.5, 0.6) is 0 Å². The Morgan fingerprint density at radius 2 is 2.12 bits per heavy atom. The van der Waals surface area contributed by atoms with E-state index in [0.29, 0.717) is 11.5 Å². The van der Waals surface area contributed by atoms with Crippen molar-refractivity contribution in [2.45, 2.75) is 6.92 Å². The first-order chi connectivity index (χ1) is 7.74. The number of nitrogens with one attached hydrogen (secondary N) is 1. The quantitative estimate of drug-likeness (QED) is 0.616. The standard InChI is InChI=1S/C9H8N6O/c1-6-4-5-14(12-6)8-3-2-7-10-11-9(16)15(7)13-8/h2-5H,1H3,(H,11,16). The lowest BCUT2D eigenvalue weighted by molar-refractivity contribution is 0.772.